The molecule has 1 N–H and O–H groups in total. The zero-order valence-corrected chi connectivity index (χ0v) is 14.0. The summed E-state index contributed by atoms with van der Waals surface area (Å²) >= 11 is 6.12. The number of benzene rings is 2. The second-order valence-corrected chi connectivity index (χ2v) is 7.08. The van der Waals surface area contributed by atoms with Gasteiger partial charge in [-0.1, -0.05) is 47.5 Å². The van der Waals surface area contributed by atoms with Crippen molar-refractivity contribution in [2.45, 2.75) is 17.9 Å². The monoisotopic (exact) mass is 339 g/mol. The molecule has 6 heteroatoms. The van der Waals surface area contributed by atoms with E-state index in [2.05, 4.69) is 4.72 Å². The number of rotatable bonds is 6. The number of nitrogens with one attached hydrogen (secondary N) is 1. The van der Waals surface area contributed by atoms with E-state index in [1.54, 1.807) is 30.3 Å². The predicted octanol–water partition coefficient (Wildman–Crippen LogP) is 3.31. The molecule has 1 unspecified atom stereocenters. The minimum absolute atomic E-state index is 0.108. The molecule has 0 radical (unpaired) electrons. The van der Waals surface area contributed by atoms with Crippen molar-refractivity contribution in [3.8, 4) is 0 Å². The van der Waals surface area contributed by atoms with Crippen LogP contribution in [0.5, 0.6) is 0 Å². The molecule has 2 aromatic carbocycles. The number of methoxy groups -OCH3 is 1. The van der Waals surface area contributed by atoms with Crippen molar-refractivity contribution in [2.75, 3.05) is 13.7 Å². The maximum absolute atomic E-state index is 12.3. The molecule has 22 heavy (non-hydrogen) atoms. The molecular weight excluding hydrogens is 322 g/mol. The van der Waals surface area contributed by atoms with Gasteiger partial charge in [-0.25, -0.2) is 13.1 Å². The van der Waals surface area contributed by atoms with Gasteiger partial charge < -0.3 is 4.74 Å². The van der Waals surface area contributed by atoms with Gasteiger partial charge in [0.15, 0.2) is 0 Å². The van der Waals surface area contributed by atoms with Crippen LogP contribution in [0.1, 0.15) is 17.2 Å². The molecule has 1 atom stereocenters. The Kier molecular flexibility index (Phi) is 5.58. The first-order valence-electron chi connectivity index (χ1n) is 6.77. The topological polar surface area (TPSA) is 55.4 Å². The number of ether oxygens (including phenoxy) is 1. The molecular formula is C16H18ClNO3S. The van der Waals surface area contributed by atoms with Crippen molar-refractivity contribution in [1.29, 1.82) is 0 Å². The Morgan fingerprint density at radius 3 is 2.36 bits per heavy atom. The minimum Gasteiger partial charge on any atom is -0.375 e. The van der Waals surface area contributed by atoms with E-state index in [0.717, 1.165) is 11.1 Å². The Labute approximate surface area is 136 Å². The van der Waals surface area contributed by atoms with Gasteiger partial charge in [-0.2, -0.15) is 0 Å². The predicted molar refractivity (Wildman–Crippen MR) is 87.6 cm³/mol. The highest BCUT2D eigenvalue weighted by Crippen LogP contribution is 2.24. The fraction of sp³-hybridized carbons (Fsp3) is 0.250. The molecule has 0 bridgehead atoms. The molecule has 0 aliphatic carbocycles. The first-order valence-corrected chi connectivity index (χ1v) is 8.63. The number of halogens is 1. The van der Waals surface area contributed by atoms with E-state index in [-0.39, 0.29) is 11.4 Å². The Balaban J connectivity index is 2.13. The van der Waals surface area contributed by atoms with Gasteiger partial charge in [0.25, 0.3) is 0 Å². The molecule has 2 aromatic rings. The summed E-state index contributed by atoms with van der Waals surface area (Å²) in [4.78, 5) is 0.229. The Bertz CT molecular complexity index is 729. The van der Waals surface area contributed by atoms with Gasteiger partial charge in [0, 0.05) is 24.2 Å². The first kappa shape index (κ1) is 17.0. The summed E-state index contributed by atoms with van der Waals surface area (Å²) in [5.74, 6) is 0. The summed E-state index contributed by atoms with van der Waals surface area (Å²) in [6.07, 6.45) is -0.450. The van der Waals surface area contributed by atoms with E-state index in [9.17, 15) is 8.42 Å². The summed E-state index contributed by atoms with van der Waals surface area (Å²) in [6.45, 7) is 2.01. The van der Waals surface area contributed by atoms with Crippen LogP contribution in [0.2, 0.25) is 5.02 Å². The molecule has 0 saturated carbocycles. The lowest BCUT2D eigenvalue weighted by Crippen LogP contribution is -2.29. The van der Waals surface area contributed by atoms with Gasteiger partial charge in [-0.05, 0) is 25.1 Å². The number of hydrogen-bond donors (Lipinski definition) is 1. The van der Waals surface area contributed by atoms with Gasteiger partial charge in [0.05, 0.1) is 11.0 Å². The third kappa shape index (κ3) is 4.08. The highest BCUT2D eigenvalue weighted by atomic mass is 35.5. The van der Waals surface area contributed by atoms with Crippen molar-refractivity contribution in [1.82, 2.24) is 4.72 Å². The second kappa shape index (κ2) is 7.24. The average Bonchev–Trinajstić information content (AvgIpc) is 2.50. The number of hydrogen-bond acceptors (Lipinski definition) is 3. The van der Waals surface area contributed by atoms with Crippen LogP contribution in [0.25, 0.3) is 0 Å². The standard InChI is InChI=1S/C16H18ClNO3S/c1-12-7-9-13(10-8-12)22(19,20)18-11-16(21-2)14-5-3-4-6-15(14)17/h3-10,16,18H,11H2,1-2H3. The largest absolute Gasteiger partial charge is 0.375 e. The number of aryl methyl sites for hydroxylation is 1. The highest BCUT2D eigenvalue weighted by molar-refractivity contribution is 7.89. The van der Waals surface area contributed by atoms with E-state index in [1.165, 1.54) is 7.11 Å². The van der Waals surface area contributed by atoms with Crippen molar-refractivity contribution in [2.24, 2.45) is 0 Å². The summed E-state index contributed by atoms with van der Waals surface area (Å²) < 4.78 is 32.5. The van der Waals surface area contributed by atoms with Gasteiger partial charge in [-0.15, -0.1) is 0 Å². The number of sulfonamides is 1. The van der Waals surface area contributed by atoms with Crippen LogP contribution in [-0.2, 0) is 14.8 Å². The molecule has 0 heterocycles. The van der Waals surface area contributed by atoms with Crippen molar-refractivity contribution >= 4 is 21.6 Å². The van der Waals surface area contributed by atoms with Crippen LogP contribution in [0.3, 0.4) is 0 Å². The first-order chi connectivity index (χ1) is 10.4. The van der Waals surface area contributed by atoms with Crippen molar-refractivity contribution in [3.05, 3.63) is 64.7 Å². The molecule has 0 saturated heterocycles. The lowest BCUT2D eigenvalue weighted by Gasteiger charge is -2.18. The molecule has 0 aliphatic rings. The SMILES string of the molecule is COC(CNS(=O)(=O)c1ccc(C)cc1)c1ccccc1Cl. The van der Waals surface area contributed by atoms with Crippen LogP contribution < -0.4 is 4.72 Å². The quantitative estimate of drug-likeness (QED) is 0.878. The van der Waals surface area contributed by atoms with Crippen LogP contribution >= 0.6 is 11.6 Å². The average molecular weight is 340 g/mol. The summed E-state index contributed by atoms with van der Waals surface area (Å²) in [7, 11) is -2.05. The third-order valence-corrected chi connectivity index (χ3v) is 5.11. The fourth-order valence-corrected chi connectivity index (χ4v) is 3.33. The summed E-state index contributed by atoms with van der Waals surface area (Å²) in [6, 6.07) is 13.9. The van der Waals surface area contributed by atoms with E-state index >= 15 is 0 Å². The molecule has 0 spiro atoms. The van der Waals surface area contributed by atoms with E-state index in [4.69, 9.17) is 16.3 Å². The smallest absolute Gasteiger partial charge is 0.240 e. The lowest BCUT2D eigenvalue weighted by molar-refractivity contribution is 0.107. The molecule has 0 aromatic heterocycles. The highest BCUT2D eigenvalue weighted by Gasteiger charge is 2.19. The van der Waals surface area contributed by atoms with Crippen molar-refractivity contribution in [3.63, 3.8) is 0 Å². The maximum Gasteiger partial charge on any atom is 0.240 e. The van der Waals surface area contributed by atoms with Gasteiger partial charge in [-0.3, -0.25) is 0 Å². The maximum atomic E-state index is 12.3. The zero-order valence-electron chi connectivity index (χ0n) is 12.4. The lowest BCUT2D eigenvalue weighted by atomic mass is 10.1. The normalized spacial score (nSPS) is 13.0. The second-order valence-electron chi connectivity index (χ2n) is 4.91. The van der Waals surface area contributed by atoms with E-state index < -0.39 is 16.1 Å². The van der Waals surface area contributed by atoms with Gasteiger partial charge in [0.2, 0.25) is 10.0 Å². The van der Waals surface area contributed by atoms with Crippen LogP contribution in [0, 0.1) is 6.92 Å². The fourth-order valence-electron chi connectivity index (χ4n) is 2.04. The van der Waals surface area contributed by atoms with Crippen molar-refractivity contribution < 1.29 is 13.2 Å². The van der Waals surface area contributed by atoms with Crippen LogP contribution in [-0.4, -0.2) is 22.1 Å². The third-order valence-electron chi connectivity index (χ3n) is 3.33. The summed E-state index contributed by atoms with van der Waals surface area (Å²) in [5, 5.41) is 0.545. The van der Waals surface area contributed by atoms with Gasteiger partial charge >= 0.3 is 0 Å². The molecule has 0 fully saturated rings. The zero-order chi connectivity index (χ0) is 16.2. The van der Waals surface area contributed by atoms with Crippen LogP contribution in [0.15, 0.2) is 53.4 Å². The van der Waals surface area contributed by atoms with E-state index in [0.29, 0.717) is 5.02 Å². The molecule has 0 amide bonds. The Morgan fingerprint density at radius 1 is 1.14 bits per heavy atom. The van der Waals surface area contributed by atoms with E-state index in [1.807, 2.05) is 25.1 Å². The van der Waals surface area contributed by atoms with Crippen LogP contribution in [0.4, 0.5) is 0 Å². The molecule has 118 valence electrons. The molecule has 2 rings (SSSR count). The molecule has 0 aliphatic heterocycles. The van der Waals surface area contributed by atoms with Gasteiger partial charge in [0.1, 0.15) is 0 Å². The Morgan fingerprint density at radius 2 is 1.77 bits per heavy atom. The Hall–Kier alpha value is -1.40. The summed E-state index contributed by atoms with van der Waals surface area (Å²) in [5.41, 5.74) is 1.75. The molecule has 4 nitrogen and oxygen atoms in total. The minimum atomic E-state index is -3.58.